The fraction of sp³-hybridized carbons (Fsp3) is 0.400. The van der Waals surface area contributed by atoms with Crippen molar-refractivity contribution in [3.05, 3.63) is 20.3 Å². The van der Waals surface area contributed by atoms with Crippen LogP contribution in [0.4, 0.5) is 0 Å². The smallest absolute Gasteiger partial charge is 0.328 e. The van der Waals surface area contributed by atoms with Crippen LogP contribution < -0.4 is 5.32 Å². The Hall–Kier alpha value is -0.780. The molecule has 0 aromatic carbocycles. The first-order valence-electron chi connectivity index (χ1n) is 4.88. The second-order valence-electron chi connectivity index (χ2n) is 3.19. The highest BCUT2D eigenvalue weighted by Gasteiger charge is 2.20. The van der Waals surface area contributed by atoms with Gasteiger partial charge in [0, 0.05) is 0 Å². The van der Waals surface area contributed by atoms with E-state index in [-0.39, 0.29) is 12.2 Å². The molecule has 94 valence electrons. The van der Waals surface area contributed by atoms with E-state index in [1.165, 1.54) is 13.0 Å². The first-order valence-corrected chi connectivity index (χ1v) is 6.45. The topological polar surface area (TPSA) is 55.4 Å². The molecule has 0 radical (unpaired) electrons. The standard InChI is InChI=1S/C10H11Cl2NO3S/c1-3-16-10(15)5(2)13-9(14)6-4-7(11)17-8(6)12/h4-5H,3H2,1-2H3,(H,13,14). The zero-order valence-electron chi connectivity index (χ0n) is 9.25. The van der Waals surface area contributed by atoms with Gasteiger partial charge in [-0.3, -0.25) is 4.79 Å². The Morgan fingerprint density at radius 2 is 2.18 bits per heavy atom. The van der Waals surface area contributed by atoms with Gasteiger partial charge in [-0.2, -0.15) is 0 Å². The zero-order chi connectivity index (χ0) is 13.0. The highest BCUT2D eigenvalue weighted by molar-refractivity contribution is 7.20. The van der Waals surface area contributed by atoms with Crippen molar-refractivity contribution in [2.24, 2.45) is 0 Å². The molecule has 0 aliphatic rings. The number of ether oxygens (including phenoxy) is 1. The van der Waals surface area contributed by atoms with Gasteiger partial charge < -0.3 is 10.1 Å². The maximum absolute atomic E-state index is 11.7. The normalized spacial score (nSPS) is 12.0. The summed E-state index contributed by atoms with van der Waals surface area (Å²) in [6.45, 7) is 3.50. The summed E-state index contributed by atoms with van der Waals surface area (Å²) in [4.78, 5) is 23.0. The van der Waals surface area contributed by atoms with Crippen molar-refractivity contribution in [2.45, 2.75) is 19.9 Å². The Morgan fingerprint density at radius 1 is 1.53 bits per heavy atom. The number of hydrogen-bond donors (Lipinski definition) is 1. The molecule has 1 rings (SSSR count). The lowest BCUT2D eigenvalue weighted by Crippen LogP contribution is -2.39. The van der Waals surface area contributed by atoms with Crippen molar-refractivity contribution >= 4 is 46.4 Å². The third-order valence-electron chi connectivity index (χ3n) is 1.89. The molecule has 0 saturated heterocycles. The van der Waals surface area contributed by atoms with Gasteiger partial charge in [0.05, 0.1) is 16.5 Å². The fourth-order valence-corrected chi connectivity index (χ4v) is 2.55. The molecule has 0 fully saturated rings. The zero-order valence-corrected chi connectivity index (χ0v) is 11.6. The average Bonchev–Trinajstić information content (AvgIpc) is 2.58. The third kappa shape index (κ3) is 3.87. The van der Waals surface area contributed by atoms with Gasteiger partial charge in [-0.05, 0) is 19.9 Å². The molecule has 0 spiro atoms. The molecule has 0 aliphatic carbocycles. The van der Waals surface area contributed by atoms with Crippen LogP contribution in [0.15, 0.2) is 6.07 Å². The summed E-state index contributed by atoms with van der Waals surface area (Å²) in [5.74, 6) is -0.933. The van der Waals surface area contributed by atoms with E-state index in [1.54, 1.807) is 6.92 Å². The minimum Gasteiger partial charge on any atom is -0.464 e. The number of hydrogen-bond acceptors (Lipinski definition) is 4. The summed E-state index contributed by atoms with van der Waals surface area (Å²) in [7, 11) is 0. The van der Waals surface area contributed by atoms with Gasteiger partial charge in [0.15, 0.2) is 0 Å². The molecule has 4 nitrogen and oxygen atoms in total. The number of thiophene rings is 1. The van der Waals surface area contributed by atoms with Gasteiger partial charge in [0.1, 0.15) is 10.4 Å². The predicted molar refractivity (Wildman–Crippen MR) is 67.9 cm³/mol. The third-order valence-corrected chi connectivity index (χ3v) is 3.38. The van der Waals surface area contributed by atoms with Crippen molar-refractivity contribution in [2.75, 3.05) is 6.61 Å². The van der Waals surface area contributed by atoms with E-state index in [1.807, 2.05) is 0 Å². The van der Waals surface area contributed by atoms with Gasteiger partial charge in [-0.25, -0.2) is 4.79 Å². The molecule has 7 heteroatoms. The Bertz CT molecular complexity index is 433. The Labute approximate surface area is 113 Å². The van der Waals surface area contributed by atoms with Gasteiger partial charge >= 0.3 is 5.97 Å². The summed E-state index contributed by atoms with van der Waals surface area (Å²) in [5, 5.41) is 2.49. The van der Waals surface area contributed by atoms with E-state index in [0.717, 1.165) is 11.3 Å². The molecule has 1 unspecified atom stereocenters. The predicted octanol–water partition coefficient (Wildman–Crippen LogP) is 2.74. The number of nitrogens with one attached hydrogen (secondary N) is 1. The van der Waals surface area contributed by atoms with Crippen molar-refractivity contribution in [1.29, 1.82) is 0 Å². The molecular weight excluding hydrogens is 285 g/mol. The summed E-state index contributed by atoms with van der Waals surface area (Å²) in [6.07, 6.45) is 0. The van der Waals surface area contributed by atoms with Crippen LogP contribution in [0.3, 0.4) is 0 Å². The molecular formula is C10H11Cl2NO3S. The lowest BCUT2D eigenvalue weighted by Gasteiger charge is -2.11. The summed E-state index contributed by atoms with van der Waals surface area (Å²) >= 11 is 12.6. The van der Waals surface area contributed by atoms with Crippen molar-refractivity contribution < 1.29 is 14.3 Å². The van der Waals surface area contributed by atoms with Crippen LogP contribution in [-0.4, -0.2) is 24.5 Å². The van der Waals surface area contributed by atoms with E-state index in [0.29, 0.717) is 8.67 Å². The molecule has 1 N–H and O–H groups in total. The van der Waals surface area contributed by atoms with Gasteiger partial charge in [0.25, 0.3) is 5.91 Å². The molecule has 1 heterocycles. The number of amides is 1. The second kappa shape index (κ2) is 6.23. The highest BCUT2D eigenvalue weighted by Crippen LogP contribution is 2.30. The van der Waals surface area contributed by atoms with Crippen LogP contribution >= 0.6 is 34.5 Å². The maximum atomic E-state index is 11.7. The quantitative estimate of drug-likeness (QED) is 0.869. The second-order valence-corrected chi connectivity index (χ2v) is 5.47. The fourth-order valence-electron chi connectivity index (χ4n) is 1.10. The number of carbonyl (C=O) groups is 2. The van der Waals surface area contributed by atoms with Crippen LogP contribution in [0, 0.1) is 0 Å². The summed E-state index contributed by atoms with van der Waals surface area (Å²) in [6, 6.07) is 0.735. The first kappa shape index (κ1) is 14.3. The van der Waals surface area contributed by atoms with E-state index >= 15 is 0 Å². The highest BCUT2D eigenvalue weighted by atomic mass is 35.5. The van der Waals surface area contributed by atoms with Crippen molar-refractivity contribution in [3.8, 4) is 0 Å². The van der Waals surface area contributed by atoms with Crippen LogP contribution in [0.5, 0.6) is 0 Å². The first-order chi connectivity index (χ1) is 7.95. The average molecular weight is 296 g/mol. The van der Waals surface area contributed by atoms with Crippen LogP contribution in [0.1, 0.15) is 24.2 Å². The molecule has 1 atom stereocenters. The number of carbonyl (C=O) groups excluding carboxylic acids is 2. The summed E-state index contributed by atoms with van der Waals surface area (Å²) in [5.41, 5.74) is 0.262. The monoisotopic (exact) mass is 295 g/mol. The summed E-state index contributed by atoms with van der Waals surface area (Å²) < 4.78 is 5.48. The lowest BCUT2D eigenvalue weighted by atomic mass is 10.2. The van der Waals surface area contributed by atoms with Gasteiger partial charge in [-0.15, -0.1) is 11.3 Å². The molecule has 17 heavy (non-hydrogen) atoms. The molecule has 0 bridgehead atoms. The van der Waals surface area contributed by atoms with E-state index in [9.17, 15) is 9.59 Å². The molecule has 1 aromatic heterocycles. The Kier molecular flexibility index (Phi) is 5.24. The van der Waals surface area contributed by atoms with Crippen molar-refractivity contribution in [3.63, 3.8) is 0 Å². The van der Waals surface area contributed by atoms with E-state index in [4.69, 9.17) is 27.9 Å². The van der Waals surface area contributed by atoms with Crippen LogP contribution in [0.25, 0.3) is 0 Å². The number of rotatable bonds is 4. The number of halogens is 2. The van der Waals surface area contributed by atoms with Crippen LogP contribution in [0.2, 0.25) is 8.67 Å². The van der Waals surface area contributed by atoms with E-state index < -0.39 is 17.9 Å². The molecule has 0 saturated carbocycles. The molecule has 1 aromatic rings. The number of esters is 1. The Balaban J connectivity index is 2.66. The minimum absolute atomic E-state index is 0.262. The maximum Gasteiger partial charge on any atom is 0.328 e. The Morgan fingerprint density at radius 3 is 2.65 bits per heavy atom. The van der Waals surface area contributed by atoms with E-state index in [2.05, 4.69) is 5.32 Å². The molecule has 1 amide bonds. The van der Waals surface area contributed by atoms with Gasteiger partial charge in [-0.1, -0.05) is 23.2 Å². The largest absolute Gasteiger partial charge is 0.464 e. The lowest BCUT2D eigenvalue weighted by molar-refractivity contribution is -0.144. The van der Waals surface area contributed by atoms with Crippen LogP contribution in [-0.2, 0) is 9.53 Å². The minimum atomic E-state index is -0.725. The SMILES string of the molecule is CCOC(=O)C(C)NC(=O)c1cc(Cl)sc1Cl. The van der Waals surface area contributed by atoms with Gasteiger partial charge in [0.2, 0.25) is 0 Å². The van der Waals surface area contributed by atoms with Crippen molar-refractivity contribution in [1.82, 2.24) is 5.32 Å². The molecule has 0 aliphatic heterocycles.